The van der Waals surface area contributed by atoms with E-state index < -0.39 is 0 Å². The van der Waals surface area contributed by atoms with E-state index in [0.717, 1.165) is 12.0 Å². The van der Waals surface area contributed by atoms with Crippen LogP contribution in [0.2, 0.25) is 0 Å². The molecule has 1 aliphatic heterocycles. The average molecular weight is 253 g/mol. The fourth-order valence-corrected chi connectivity index (χ4v) is 3.23. The highest BCUT2D eigenvalue weighted by atomic mass is 15.2. The number of likely N-dealkylation sites (tertiary alicyclic amines) is 1. The second-order valence-corrected chi connectivity index (χ2v) is 6.50. The molecule has 2 rings (SSSR count). The van der Waals surface area contributed by atoms with Gasteiger partial charge < -0.3 is 15.1 Å². The average Bonchev–Trinajstić information content (AvgIpc) is 2.77. The van der Waals surface area contributed by atoms with Gasteiger partial charge >= 0.3 is 0 Å². The van der Waals surface area contributed by atoms with Crippen molar-refractivity contribution in [3.63, 3.8) is 0 Å². The molecule has 0 aromatic rings. The summed E-state index contributed by atoms with van der Waals surface area (Å²) in [6.45, 7) is 10.9. The third-order valence-corrected chi connectivity index (χ3v) is 4.70. The fraction of sp³-hybridized carbons (Fsp3) is 1.00. The lowest BCUT2D eigenvalue weighted by Gasteiger charge is -2.43. The van der Waals surface area contributed by atoms with E-state index in [-0.39, 0.29) is 0 Å². The maximum atomic E-state index is 3.59. The topological polar surface area (TPSA) is 18.5 Å². The fourth-order valence-electron chi connectivity index (χ4n) is 3.23. The van der Waals surface area contributed by atoms with E-state index in [2.05, 4.69) is 36.0 Å². The molecule has 0 amide bonds. The van der Waals surface area contributed by atoms with Crippen LogP contribution in [0.25, 0.3) is 0 Å². The summed E-state index contributed by atoms with van der Waals surface area (Å²) in [6.07, 6.45) is 5.64. The molecule has 1 N–H and O–H groups in total. The molecule has 0 aromatic heterocycles. The number of hydrogen-bond acceptors (Lipinski definition) is 3. The first-order chi connectivity index (χ1) is 8.66. The molecule has 0 aromatic carbocycles. The number of nitrogens with zero attached hydrogens (tertiary/aromatic N) is 2. The van der Waals surface area contributed by atoms with Gasteiger partial charge in [-0.3, -0.25) is 0 Å². The van der Waals surface area contributed by atoms with Gasteiger partial charge in [-0.1, -0.05) is 13.8 Å². The first kappa shape index (κ1) is 14.3. The molecule has 2 fully saturated rings. The van der Waals surface area contributed by atoms with Crippen LogP contribution in [0.3, 0.4) is 0 Å². The van der Waals surface area contributed by atoms with Crippen molar-refractivity contribution >= 4 is 0 Å². The lowest BCUT2D eigenvalue weighted by atomic mass is 9.78. The van der Waals surface area contributed by atoms with Crippen LogP contribution < -0.4 is 5.32 Å². The van der Waals surface area contributed by atoms with Crippen LogP contribution in [0, 0.1) is 5.92 Å². The first-order valence-corrected chi connectivity index (χ1v) is 7.83. The van der Waals surface area contributed by atoms with Crippen LogP contribution in [0.4, 0.5) is 0 Å². The van der Waals surface area contributed by atoms with Gasteiger partial charge in [0.25, 0.3) is 0 Å². The van der Waals surface area contributed by atoms with Crippen LogP contribution in [0.5, 0.6) is 0 Å². The highest BCUT2D eigenvalue weighted by molar-refractivity contribution is 4.89. The predicted molar refractivity (Wildman–Crippen MR) is 78.0 cm³/mol. The second kappa shape index (κ2) is 6.88. The minimum absolute atomic E-state index is 0.626. The summed E-state index contributed by atoms with van der Waals surface area (Å²) in [6, 6.07) is 1.46. The van der Waals surface area contributed by atoms with Crippen molar-refractivity contribution in [3.05, 3.63) is 0 Å². The number of rotatable bonds is 7. The van der Waals surface area contributed by atoms with Crippen LogP contribution in [-0.2, 0) is 0 Å². The molecule has 18 heavy (non-hydrogen) atoms. The zero-order valence-electron chi connectivity index (χ0n) is 12.5. The predicted octanol–water partition coefficient (Wildman–Crippen LogP) is 1.79. The number of nitrogens with one attached hydrogen (secondary N) is 1. The Morgan fingerprint density at radius 1 is 1.22 bits per heavy atom. The van der Waals surface area contributed by atoms with Gasteiger partial charge in [0.15, 0.2) is 0 Å². The zero-order chi connectivity index (χ0) is 13.0. The summed E-state index contributed by atoms with van der Waals surface area (Å²) in [5.74, 6) is 0.885. The lowest BCUT2D eigenvalue weighted by Crippen LogP contribution is -2.51. The number of hydrogen-bond donors (Lipinski definition) is 1. The Morgan fingerprint density at radius 2 is 1.94 bits per heavy atom. The van der Waals surface area contributed by atoms with E-state index in [0.29, 0.717) is 6.04 Å². The second-order valence-electron chi connectivity index (χ2n) is 6.50. The van der Waals surface area contributed by atoms with Gasteiger partial charge in [-0.05, 0) is 58.3 Å². The minimum atomic E-state index is 0.626. The van der Waals surface area contributed by atoms with Crippen molar-refractivity contribution in [2.24, 2.45) is 5.92 Å². The van der Waals surface area contributed by atoms with Crippen molar-refractivity contribution in [3.8, 4) is 0 Å². The molecule has 3 heteroatoms. The van der Waals surface area contributed by atoms with Gasteiger partial charge in [-0.25, -0.2) is 0 Å². The van der Waals surface area contributed by atoms with Crippen molar-refractivity contribution in [2.45, 2.75) is 51.6 Å². The summed E-state index contributed by atoms with van der Waals surface area (Å²) < 4.78 is 0. The van der Waals surface area contributed by atoms with E-state index >= 15 is 0 Å². The molecule has 0 bridgehead atoms. The Balaban J connectivity index is 1.63. The molecule has 106 valence electrons. The molecule has 1 heterocycles. The Labute approximate surface area is 113 Å². The molecule has 2 atom stereocenters. The van der Waals surface area contributed by atoms with Gasteiger partial charge in [0.1, 0.15) is 0 Å². The normalized spacial score (nSPS) is 29.2. The van der Waals surface area contributed by atoms with Gasteiger partial charge in [0.05, 0.1) is 0 Å². The quantitative estimate of drug-likeness (QED) is 0.746. The summed E-state index contributed by atoms with van der Waals surface area (Å²) in [4.78, 5) is 5.23. The minimum Gasteiger partial charge on any atom is -0.314 e. The Hall–Kier alpha value is -0.120. The SMILES string of the molecule is CC(C)NCC1CCC1N(C)CCN1CCCC1. The molecule has 2 unspecified atom stereocenters. The first-order valence-electron chi connectivity index (χ1n) is 7.83. The molecule has 1 saturated carbocycles. The third-order valence-electron chi connectivity index (χ3n) is 4.70. The Bertz CT molecular complexity index is 236. The summed E-state index contributed by atoms with van der Waals surface area (Å²) in [5, 5.41) is 3.59. The lowest BCUT2D eigenvalue weighted by molar-refractivity contribution is 0.0752. The molecule has 3 nitrogen and oxygen atoms in total. The molecule has 0 radical (unpaired) electrons. The maximum absolute atomic E-state index is 3.59. The van der Waals surface area contributed by atoms with Gasteiger partial charge in [-0.15, -0.1) is 0 Å². The summed E-state index contributed by atoms with van der Waals surface area (Å²) in [5.41, 5.74) is 0. The molecule has 1 saturated heterocycles. The summed E-state index contributed by atoms with van der Waals surface area (Å²) in [7, 11) is 2.32. The van der Waals surface area contributed by atoms with Crippen molar-refractivity contribution in [1.29, 1.82) is 0 Å². The van der Waals surface area contributed by atoms with Crippen LogP contribution in [-0.4, -0.2) is 61.7 Å². The van der Waals surface area contributed by atoms with Crippen LogP contribution in [0.1, 0.15) is 39.5 Å². The third kappa shape index (κ3) is 3.94. The molecular weight excluding hydrogens is 222 g/mol. The molecule has 2 aliphatic rings. The maximum Gasteiger partial charge on any atom is 0.0133 e. The van der Waals surface area contributed by atoms with E-state index in [1.54, 1.807) is 0 Å². The van der Waals surface area contributed by atoms with Crippen LogP contribution in [0.15, 0.2) is 0 Å². The van der Waals surface area contributed by atoms with E-state index in [9.17, 15) is 0 Å². The highest BCUT2D eigenvalue weighted by Crippen LogP contribution is 2.30. The van der Waals surface area contributed by atoms with Crippen LogP contribution >= 0.6 is 0 Å². The molecule has 1 aliphatic carbocycles. The van der Waals surface area contributed by atoms with E-state index in [4.69, 9.17) is 0 Å². The molecule has 0 spiro atoms. The zero-order valence-corrected chi connectivity index (χ0v) is 12.5. The number of likely N-dealkylation sites (N-methyl/N-ethyl adjacent to an activating group) is 1. The van der Waals surface area contributed by atoms with Gasteiger partial charge in [0, 0.05) is 25.2 Å². The van der Waals surface area contributed by atoms with Crippen molar-refractivity contribution in [2.75, 3.05) is 39.8 Å². The van der Waals surface area contributed by atoms with Gasteiger partial charge in [0.2, 0.25) is 0 Å². The van der Waals surface area contributed by atoms with E-state index in [1.165, 1.54) is 58.4 Å². The van der Waals surface area contributed by atoms with Crippen molar-refractivity contribution < 1.29 is 0 Å². The van der Waals surface area contributed by atoms with Crippen molar-refractivity contribution in [1.82, 2.24) is 15.1 Å². The summed E-state index contributed by atoms with van der Waals surface area (Å²) >= 11 is 0. The smallest absolute Gasteiger partial charge is 0.0133 e. The Kier molecular flexibility index (Phi) is 5.46. The molecular formula is C15H31N3. The largest absolute Gasteiger partial charge is 0.314 e. The Morgan fingerprint density at radius 3 is 2.50 bits per heavy atom. The van der Waals surface area contributed by atoms with E-state index in [1.807, 2.05) is 0 Å². The highest BCUT2D eigenvalue weighted by Gasteiger charge is 2.33. The monoisotopic (exact) mass is 253 g/mol. The standard InChI is InChI=1S/C15H31N3/c1-13(2)16-12-14-6-7-15(14)17(3)10-11-18-8-4-5-9-18/h13-16H,4-12H2,1-3H3. The van der Waals surface area contributed by atoms with Gasteiger partial charge in [-0.2, -0.15) is 0 Å².